The van der Waals surface area contributed by atoms with Gasteiger partial charge in [-0.15, -0.1) is 0 Å². The van der Waals surface area contributed by atoms with Crippen LogP contribution in [0.3, 0.4) is 0 Å². The molecule has 0 heterocycles. The van der Waals surface area contributed by atoms with Gasteiger partial charge in [-0.2, -0.15) is 0 Å². The normalized spacial score (nSPS) is 19.4. The molecule has 0 saturated heterocycles. The van der Waals surface area contributed by atoms with Gasteiger partial charge in [0.25, 0.3) is 0 Å². The van der Waals surface area contributed by atoms with Gasteiger partial charge >= 0.3 is 0 Å². The molecule has 0 fully saturated rings. The van der Waals surface area contributed by atoms with Gasteiger partial charge in [0.2, 0.25) is 0 Å². The summed E-state index contributed by atoms with van der Waals surface area (Å²) < 4.78 is 0. The van der Waals surface area contributed by atoms with Crippen molar-refractivity contribution in [3.05, 3.63) is 162 Å². The smallest absolute Gasteiger partial charge is 0.0441 e. The summed E-state index contributed by atoms with van der Waals surface area (Å²) in [5.74, 6) is 0. The van der Waals surface area contributed by atoms with Crippen molar-refractivity contribution in [2.45, 2.75) is 12.3 Å². The molecule has 3 aromatic carbocycles. The number of fused-ring (bicyclic) bond motifs is 2. The highest BCUT2D eigenvalue weighted by Gasteiger charge is 2.42. The highest BCUT2D eigenvalue weighted by atomic mass is 14.4. The molecule has 0 bridgehead atoms. The van der Waals surface area contributed by atoms with Crippen LogP contribution in [0, 0.1) is 0 Å². The first-order valence-corrected chi connectivity index (χ1v) is 11.1. The zero-order valence-electron chi connectivity index (χ0n) is 18.3. The van der Waals surface area contributed by atoms with E-state index in [4.69, 9.17) is 0 Å². The van der Waals surface area contributed by atoms with Crippen LogP contribution in [0.1, 0.15) is 23.6 Å². The van der Waals surface area contributed by atoms with E-state index in [1.807, 2.05) is 6.08 Å². The zero-order chi connectivity index (χ0) is 21.8. The molecule has 5 rings (SSSR count). The molecule has 0 saturated carbocycles. The maximum atomic E-state index is 2.37. The van der Waals surface area contributed by atoms with Gasteiger partial charge < -0.3 is 0 Å². The third-order valence-electron chi connectivity index (χ3n) is 6.44. The summed E-state index contributed by atoms with van der Waals surface area (Å²) in [6.07, 6.45) is 21.3. The Morgan fingerprint density at radius 3 is 1.66 bits per heavy atom. The summed E-state index contributed by atoms with van der Waals surface area (Å²) in [5.41, 5.74) is 8.84. The van der Waals surface area contributed by atoms with Crippen molar-refractivity contribution in [1.29, 1.82) is 0 Å². The van der Waals surface area contributed by atoms with E-state index in [9.17, 15) is 0 Å². The number of allylic oxidation sites excluding steroid dienone is 12. The van der Waals surface area contributed by atoms with Gasteiger partial charge in [0.1, 0.15) is 0 Å². The van der Waals surface area contributed by atoms with Gasteiger partial charge in [-0.05, 0) is 45.9 Å². The van der Waals surface area contributed by atoms with E-state index in [0.29, 0.717) is 0 Å². The second-order valence-corrected chi connectivity index (χ2v) is 8.28. The van der Waals surface area contributed by atoms with E-state index in [2.05, 4.69) is 140 Å². The molecule has 3 aromatic rings. The van der Waals surface area contributed by atoms with E-state index < -0.39 is 0 Å². The SMILES string of the molecule is CC1(c2ccccc2-c2ccccc2)C2=C(C=CC=CC=CC=CC=C2)c2ccccc21. The molecular weight excluding hydrogens is 384 g/mol. The molecule has 0 amide bonds. The zero-order valence-corrected chi connectivity index (χ0v) is 18.3. The van der Waals surface area contributed by atoms with Crippen molar-refractivity contribution in [2.24, 2.45) is 0 Å². The standard InChI is InChI=1S/C32H26/c1-32(29-23-15-13-19-26(29)25-17-9-8-10-18-25)30-22-12-7-5-3-2-4-6-11-20-27(30)28-21-14-16-24-31(28)32/h2-24H,1H3. The van der Waals surface area contributed by atoms with Crippen LogP contribution < -0.4 is 0 Å². The van der Waals surface area contributed by atoms with Crippen molar-refractivity contribution >= 4 is 5.57 Å². The monoisotopic (exact) mass is 410 g/mol. The van der Waals surface area contributed by atoms with Crippen molar-refractivity contribution in [3.8, 4) is 11.1 Å². The highest BCUT2D eigenvalue weighted by molar-refractivity contribution is 5.91. The molecule has 0 spiro atoms. The average Bonchev–Trinajstić information content (AvgIpc) is 3.08. The van der Waals surface area contributed by atoms with Crippen LogP contribution >= 0.6 is 0 Å². The largest absolute Gasteiger partial charge is 0.0623 e. The number of rotatable bonds is 2. The van der Waals surface area contributed by atoms with Gasteiger partial charge in [0, 0.05) is 5.41 Å². The van der Waals surface area contributed by atoms with Gasteiger partial charge in [0.15, 0.2) is 0 Å². The van der Waals surface area contributed by atoms with Gasteiger partial charge in [-0.25, -0.2) is 0 Å². The van der Waals surface area contributed by atoms with Crippen molar-refractivity contribution < 1.29 is 0 Å². The predicted molar refractivity (Wildman–Crippen MR) is 137 cm³/mol. The molecule has 1 unspecified atom stereocenters. The summed E-state index contributed by atoms with van der Waals surface area (Å²) in [4.78, 5) is 0. The van der Waals surface area contributed by atoms with Gasteiger partial charge in [-0.3, -0.25) is 0 Å². The molecule has 2 aliphatic rings. The van der Waals surface area contributed by atoms with Crippen LogP contribution in [0.25, 0.3) is 16.7 Å². The fraction of sp³-hybridized carbons (Fsp3) is 0.0625. The van der Waals surface area contributed by atoms with Crippen LogP contribution in [0.2, 0.25) is 0 Å². The third-order valence-corrected chi connectivity index (χ3v) is 6.44. The molecular formula is C32H26. The minimum absolute atomic E-state index is 0.267. The Balaban J connectivity index is 1.80. The van der Waals surface area contributed by atoms with Crippen LogP contribution in [0.15, 0.2) is 145 Å². The Hall–Kier alpha value is -3.90. The summed E-state index contributed by atoms with van der Waals surface area (Å²) in [6.45, 7) is 2.37. The number of benzene rings is 3. The average molecular weight is 411 g/mol. The molecule has 0 radical (unpaired) electrons. The maximum absolute atomic E-state index is 2.37. The molecule has 0 aromatic heterocycles. The first kappa shape index (κ1) is 20.0. The van der Waals surface area contributed by atoms with Crippen LogP contribution in [0.4, 0.5) is 0 Å². The Morgan fingerprint density at radius 1 is 0.469 bits per heavy atom. The minimum atomic E-state index is -0.267. The first-order valence-electron chi connectivity index (χ1n) is 11.1. The molecule has 0 nitrogen and oxygen atoms in total. The van der Waals surface area contributed by atoms with Gasteiger partial charge in [0.05, 0.1) is 0 Å². The maximum Gasteiger partial charge on any atom is 0.0441 e. The second-order valence-electron chi connectivity index (χ2n) is 8.28. The summed E-state index contributed by atoms with van der Waals surface area (Å²) >= 11 is 0. The van der Waals surface area contributed by atoms with E-state index in [0.717, 1.165) is 0 Å². The molecule has 0 N–H and O–H groups in total. The summed E-state index contributed by atoms with van der Waals surface area (Å²) in [5, 5.41) is 0. The predicted octanol–water partition coefficient (Wildman–Crippen LogP) is 8.22. The van der Waals surface area contributed by atoms with E-state index in [1.165, 1.54) is 39.0 Å². The summed E-state index contributed by atoms with van der Waals surface area (Å²) in [7, 11) is 0. The molecule has 0 heteroatoms. The van der Waals surface area contributed by atoms with Crippen LogP contribution in [0.5, 0.6) is 0 Å². The second kappa shape index (κ2) is 8.69. The van der Waals surface area contributed by atoms with Crippen molar-refractivity contribution in [3.63, 3.8) is 0 Å². The molecule has 32 heavy (non-hydrogen) atoms. The van der Waals surface area contributed by atoms with E-state index in [-0.39, 0.29) is 5.41 Å². The third kappa shape index (κ3) is 3.44. The first-order chi connectivity index (χ1) is 15.8. The van der Waals surface area contributed by atoms with Gasteiger partial charge in [-0.1, -0.05) is 140 Å². The molecule has 1 atom stereocenters. The Kier molecular flexibility index (Phi) is 5.44. The Morgan fingerprint density at radius 2 is 0.969 bits per heavy atom. The summed E-state index contributed by atoms with van der Waals surface area (Å²) in [6, 6.07) is 28.4. The Labute approximate surface area is 191 Å². The lowest BCUT2D eigenvalue weighted by Crippen LogP contribution is -2.24. The molecule has 154 valence electrons. The lowest BCUT2D eigenvalue weighted by atomic mass is 9.70. The van der Waals surface area contributed by atoms with E-state index >= 15 is 0 Å². The lowest BCUT2D eigenvalue weighted by molar-refractivity contribution is 0.709. The Bertz CT molecular complexity index is 1310. The highest BCUT2D eigenvalue weighted by Crippen LogP contribution is 2.53. The number of hydrogen-bond acceptors (Lipinski definition) is 0. The molecule has 0 aliphatic heterocycles. The van der Waals surface area contributed by atoms with Crippen LogP contribution in [-0.4, -0.2) is 0 Å². The van der Waals surface area contributed by atoms with E-state index in [1.54, 1.807) is 0 Å². The lowest BCUT2D eigenvalue weighted by Gasteiger charge is -2.31. The minimum Gasteiger partial charge on any atom is -0.0623 e. The van der Waals surface area contributed by atoms with Crippen LogP contribution in [-0.2, 0) is 5.41 Å². The molecule has 2 aliphatic carbocycles. The fourth-order valence-electron chi connectivity index (χ4n) is 4.92. The van der Waals surface area contributed by atoms with Crippen molar-refractivity contribution in [1.82, 2.24) is 0 Å². The number of hydrogen-bond donors (Lipinski definition) is 0. The quantitative estimate of drug-likeness (QED) is 0.399. The fourth-order valence-corrected chi connectivity index (χ4v) is 4.92. The van der Waals surface area contributed by atoms with Crippen molar-refractivity contribution in [2.75, 3.05) is 0 Å². The topological polar surface area (TPSA) is 0 Å².